The van der Waals surface area contributed by atoms with E-state index in [0.717, 1.165) is 76.2 Å². The molecule has 8 heterocycles. The summed E-state index contributed by atoms with van der Waals surface area (Å²) in [5.74, 6) is 4.05. The van der Waals surface area contributed by atoms with Crippen LogP contribution in [0, 0.1) is 0 Å². The Morgan fingerprint density at radius 1 is 0.357 bits per heavy atom. The summed E-state index contributed by atoms with van der Waals surface area (Å²) >= 11 is 3.33. The van der Waals surface area contributed by atoms with Crippen molar-refractivity contribution in [3.63, 3.8) is 0 Å². The second-order valence-electron chi connectivity index (χ2n) is 11.0. The minimum absolute atomic E-state index is 0.981. The molecule has 4 fully saturated rings. The summed E-state index contributed by atoms with van der Waals surface area (Å²) in [6.07, 6.45) is 9.66. The number of hydrogen-bond donors (Lipinski definition) is 0. The van der Waals surface area contributed by atoms with Crippen LogP contribution in [0.1, 0.15) is 51.4 Å². The van der Waals surface area contributed by atoms with Crippen molar-refractivity contribution >= 4 is 23.8 Å². The van der Waals surface area contributed by atoms with Gasteiger partial charge in [0.2, 0.25) is 0 Å². The van der Waals surface area contributed by atoms with Crippen molar-refractivity contribution in [1.82, 2.24) is 19.6 Å². The number of nitrogens with zero attached hydrogens (tertiary/aromatic N) is 12. The molecule has 0 unspecified atom stereocenters. The number of aliphatic imine (C=N–C) groups is 4. The topological polar surface area (TPSA) is 119 Å². The van der Waals surface area contributed by atoms with Crippen LogP contribution in [-0.2, 0) is 31.9 Å². The summed E-state index contributed by atoms with van der Waals surface area (Å²) in [6, 6.07) is 0. The van der Waals surface area contributed by atoms with E-state index in [1.165, 1.54) is 104 Å². The summed E-state index contributed by atoms with van der Waals surface area (Å²) in [7, 11) is 0. The summed E-state index contributed by atoms with van der Waals surface area (Å²) in [5, 5.41) is 17.3. The number of fused-ring (bicyclic) bond motifs is 4. The minimum atomic E-state index is 0.981. The van der Waals surface area contributed by atoms with Gasteiger partial charge in [0.05, 0.1) is 0 Å². The maximum atomic E-state index is 4.33. The van der Waals surface area contributed by atoms with Crippen LogP contribution in [0.25, 0.3) is 21.3 Å². The molecular formula is C28H48N12W2-4. The van der Waals surface area contributed by atoms with Crippen molar-refractivity contribution in [1.29, 1.82) is 0 Å². The van der Waals surface area contributed by atoms with E-state index in [4.69, 9.17) is 0 Å². The van der Waals surface area contributed by atoms with Gasteiger partial charge in [0.25, 0.3) is 0 Å². The Balaban J connectivity index is 0.000000126. The summed E-state index contributed by atoms with van der Waals surface area (Å²) in [5.41, 5.74) is 0. The Labute approximate surface area is 271 Å². The molecule has 8 rings (SSSR count). The third-order valence-electron chi connectivity index (χ3n) is 7.85. The summed E-state index contributed by atoms with van der Waals surface area (Å²) in [4.78, 5) is 26.4. The maximum absolute atomic E-state index is 4.33. The molecule has 42 heavy (non-hydrogen) atoms. The Hall–Kier alpha value is -1.54. The Kier molecular flexibility index (Phi) is 15.6. The van der Waals surface area contributed by atoms with Crippen LogP contribution in [0.4, 0.5) is 0 Å². The van der Waals surface area contributed by atoms with Gasteiger partial charge < -0.3 is 60.8 Å². The van der Waals surface area contributed by atoms with Gasteiger partial charge in [-0.15, -0.1) is 0 Å². The van der Waals surface area contributed by atoms with Gasteiger partial charge in [0, 0.05) is 23.8 Å². The molecular weight excluding hydrogens is 872 g/mol. The first kappa shape index (κ1) is 33.4. The number of guanidine groups is 4. The van der Waals surface area contributed by atoms with Gasteiger partial charge in [-0.25, -0.2) is 0 Å². The molecule has 0 bridgehead atoms. The number of rotatable bonds is 0. The fourth-order valence-corrected chi connectivity index (χ4v) is 5.77. The zero-order valence-corrected chi connectivity index (χ0v) is 31.0. The van der Waals surface area contributed by atoms with Gasteiger partial charge in [-0.05, 0) is 156 Å². The Morgan fingerprint density at radius 3 is 0.786 bits per heavy atom. The molecule has 0 aromatic heterocycles. The molecule has 0 aromatic carbocycles. The van der Waals surface area contributed by atoms with E-state index >= 15 is 0 Å². The van der Waals surface area contributed by atoms with E-state index in [1.807, 2.05) is 0 Å². The van der Waals surface area contributed by atoms with Crippen LogP contribution >= 0.6 is 0 Å². The normalized spacial score (nSPS) is 23.7. The first-order chi connectivity index (χ1) is 20.9. The van der Waals surface area contributed by atoms with Crippen LogP contribution in [0.3, 0.4) is 0 Å². The fourth-order valence-electron chi connectivity index (χ4n) is 5.77. The predicted octanol–water partition coefficient (Wildman–Crippen LogP) is 3.30. The first-order valence-electron chi connectivity index (χ1n) is 15.9. The third kappa shape index (κ3) is 10.9. The fraction of sp³-hybridized carbons (Fsp3) is 0.857. The van der Waals surface area contributed by atoms with E-state index in [0.29, 0.717) is 0 Å². The van der Waals surface area contributed by atoms with Crippen molar-refractivity contribution in [3.05, 3.63) is 21.3 Å². The first-order valence-corrected chi connectivity index (χ1v) is 26.9. The van der Waals surface area contributed by atoms with Crippen molar-refractivity contribution in [2.45, 2.75) is 51.4 Å². The standard InChI is InChI=1S/4C7H12N3.2W/c4*1-3-8-7-9-4-2-6-10(7)5-1;;/h4*1-6H2;;/q4*-1;;. The monoisotopic (exact) mass is 920 g/mol. The van der Waals surface area contributed by atoms with E-state index in [2.05, 4.69) is 60.8 Å². The van der Waals surface area contributed by atoms with E-state index in [9.17, 15) is 0 Å². The molecule has 0 amide bonds. The van der Waals surface area contributed by atoms with E-state index in [-0.39, 0.29) is 0 Å². The van der Waals surface area contributed by atoms with Gasteiger partial charge in [0.1, 0.15) is 0 Å². The van der Waals surface area contributed by atoms with Crippen LogP contribution in [0.2, 0.25) is 0 Å². The molecule has 12 nitrogen and oxygen atoms in total. The van der Waals surface area contributed by atoms with Crippen molar-refractivity contribution < 1.29 is 31.9 Å². The Morgan fingerprint density at radius 2 is 0.571 bits per heavy atom. The average Bonchev–Trinajstić information content (AvgIpc) is 3.10. The summed E-state index contributed by atoms with van der Waals surface area (Å²) < 4.78 is 0. The van der Waals surface area contributed by atoms with Crippen molar-refractivity contribution in [3.8, 4) is 0 Å². The molecule has 0 aliphatic carbocycles. The van der Waals surface area contributed by atoms with E-state index < -0.39 is 0 Å². The molecule has 0 atom stereocenters. The van der Waals surface area contributed by atoms with Crippen LogP contribution in [0.5, 0.6) is 0 Å². The van der Waals surface area contributed by atoms with Gasteiger partial charge >= 0.3 is 31.9 Å². The molecule has 0 aromatic rings. The zero-order valence-electron chi connectivity index (χ0n) is 25.2. The van der Waals surface area contributed by atoms with Crippen LogP contribution < -0.4 is 0 Å². The second kappa shape index (κ2) is 19.7. The molecule has 4 saturated heterocycles. The number of hydrogen-bond acceptors (Lipinski definition) is 8. The van der Waals surface area contributed by atoms with Crippen LogP contribution in [0.15, 0.2) is 20.0 Å². The predicted molar refractivity (Wildman–Crippen MR) is 165 cm³/mol. The second-order valence-corrected chi connectivity index (χ2v) is 11.0. The molecule has 8 aliphatic heterocycles. The summed E-state index contributed by atoms with van der Waals surface area (Å²) in [6.45, 7) is 17.2. The van der Waals surface area contributed by atoms with Crippen LogP contribution in [-0.4, -0.2) is 148 Å². The molecule has 14 heteroatoms. The van der Waals surface area contributed by atoms with Gasteiger partial charge in [-0.3, -0.25) is 0 Å². The van der Waals surface area contributed by atoms with Gasteiger partial charge in [-0.2, -0.15) is 0 Å². The van der Waals surface area contributed by atoms with E-state index in [1.54, 1.807) is 31.9 Å². The molecule has 0 N–H and O–H groups in total. The molecule has 0 spiro atoms. The van der Waals surface area contributed by atoms with Crippen molar-refractivity contribution in [2.75, 3.05) is 105 Å². The molecule has 8 aliphatic rings. The molecule has 0 saturated carbocycles. The zero-order chi connectivity index (χ0) is 29.2. The Bertz CT molecular complexity index is 808. The van der Waals surface area contributed by atoms with Gasteiger partial charge in [-0.1, -0.05) is 0 Å². The van der Waals surface area contributed by atoms with Gasteiger partial charge in [0.15, 0.2) is 0 Å². The quantitative estimate of drug-likeness (QED) is 0.371. The molecule has 0 radical (unpaired) electrons. The van der Waals surface area contributed by atoms with Crippen molar-refractivity contribution in [2.24, 2.45) is 20.0 Å². The SMILES string of the molecule is C1CN=C2[N-]CCCN2C1.C1CN=C2[N-]CCCN2C1.C1CN=C2[N-]CCCN2C1.C1CN=C2[N-]CCCN2C1.[W]#[W]. The molecule has 236 valence electrons. The average molecular weight is 920 g/mol. The third-order valence-corrected chi connectivity index (χ3v) is 7.85.